The Morgan fingerprint density at radius 2 is 1.69 bits per heavy atom. The molecule has 32 heavy (non-hydrogen) atoms. The Kier molecular flexibility index (Phi) is 7.53. The molecule has 1 aliphatic heterocycles. The Labute approximate surface area is 193 Å². The normalized spacial score (nSPS) is 12.1. The molecule has 0 aliphatic carbocycles. The predicted octanol–water partition coefficient (Wildman–Crippen LogP) is 2.53. The molecule has 0 unspecified atom stereocenters. The van der Waals surface area contributed by atoms with E-state index < -0.39 is 0 Å². The summed E-state index contributed by atoms with van der Waals surface area (Å²) in [5, 5.41) is 6.02. The van der Waals surface area contributed by atoms with E-state index in [1.165, 1.54) is 0 Å². The van der Waals surface area contributed by atoms with Crippen LogP contribution in [0.15, 0.2) is 42.5 Å². The van der Waals surface area contributed by atoms with Gasteiger partial charge in [0.2, 0.25) is 12.7 Å². The number of hydrogen-bond donors (Lipinski definition) is 4. The third-order valence-corrected chi connectivity index (χ3v) is 5.10. The topological polar surface area (TPSA) is 101 Å². The maximum atomic E-state index is 12.2. The minimum atomic E-state index is -0.291. The smallest absolute Gasteiger partial charge is 0.251 e. The standard InChI is InChI=1S/C23H28N4O4S/c1-23(2,3)17-7-5-16(6-8-17)21(29)24-11-10-20(28)26-27-22(32)25-13-15-4-9-18-19(12-15)31-14-30-18/h4-9,12H,10-11,13-14H2,1-3H3,(H,24,29)(H,26,28)(H2,25,27,32). The minimum Gasteiger partial charge on any atom is -0.454 e. The minimum absolute atomic E-state index is 0.0278. The van der Waals surface area contributed by atoms with Crippen LogP contribution in [0, 0.1) is 0 Å². The van der Waals surface area contributed by atoms with Crippen LogP contribution in [-0.2, 0) is 16.8 Å². The van der Waals surface area contributed by atoms with E-state index in [2.05, 4.69) is 42.3 Å². The number of hydrazine groups is 1. The summed E-state index contributed by atoms with van der Waals surface area (Å²) >= 11 is 5.16. The first-order valence-corrected chi connectivity index (χ1v) is 10.7. The maximum absolute atomic E-state index is 12.2. The van der Waals surface area contributed by atoms with E-state index in [0.29, 0.717) is 17.9 Å². The van der Waals surface area contributed by atoms with Gasteiger partial charge in [-0.1, -0.05) is 39.0 Å². The lowest BCUT2D eigenvalue weighted by atomic mass is 9.87. The lowest BCUT2D eigenvalue weighted by molar-refractivity contribution is -0.121. The number of fused-ring (bicyclic) bond motifs is 1. The summed E-state index contributed by atoms with van der Waals surface area (Å²) in [5.41, 5.74) is 7.86. The van der Waals surface area contributed by atoms with Crippen LogP contribution in [0.25, 0.3) is 0 Å². The largest absolute Gasteiger partial charge is 0.454 e. The van der Waals surface area contributed by atoms with Gasteiger partial charge in [0.15, 0.2) is 16.6 Å². The van der Waals surface area contributed by atoms with Gasteiger partial charge in [-0.2, -0.15) is 0 Å². The van der Waals surface area contributed by atoms with Gasteiger partial charge in [0, 0.05) is 25.1 Å². The van der Waals surface area contributed by atoms with Crippen molar-refractivity contribution in [1.82, 2.24) is 21.5 Å². The summed E-state index contributed by atoms with van der Waals surface area (Å²) in [7, 11) is 0. The number of ether oxygens (including phenoxy) is 2. The number of hydrogen-bond acceptors (Lipinski definition) is 5. The fourth-order valence-electron chi connectivity index (χ4n) is 2.98. The second kappa shape index (κ2) is 10.3. The van der Waals surface area contributed by atoms with Crippen molar-refractivity contribution in [3.63, 3.8) is 0 Å². The van der Waals surface area contributed by atoms with Crippen molar-refractivity contribution in [2.45, 2.75) is 39.2 Å². The fourth-order valence-corrected chi connectivity index (χ4v) is 3.10. The molecule has 3 rings (SSSR count). The summed E-state index contributed by atoms with van der Waals surface area (Å²) < 4.78 is 10.6. The molecule has 4 N–H and O–H groups in total. The van der Waals surface area contributed by atoms with E-state index in [1.807, 2.05) is 30.3 Å². The number of amides is 2. The maximum Gasteiger partial charge on any atom is 0.251 e. The van der Waals surface area contributed by atoms with Gasteiger partial charge < -0.3 is 20.1 Å². The van der Waals surface area contributed by atoms with Crippen LogP contribution in [0.2, 0.25) is 0 Å². The Bertz CT molecular complexity index is 986. The first-order valence-electron chi connectivity index (χ1n) is 10.3. The Morgan fingerprint density at radius 3 is 2.41 bits per heavy atom. The molecule has 8 nitrogen and oxygen atoms in total. The van der Waals surface area contributed by atoms with Gasteiger partial charge >= 0.3 is 0 Å². The highest BCUT2D eigenvalue weighted by Crippen LogP contribution is 2.32. The molecular weight excluding hydrogens is 428 g/mol. The van der Waals surface area contributed by atoms with Gasteiger partial charge in [0.1, 0.15) is 0 Å². The average molecular weight is 457 g/mol. The molecule has 0 fully saturated rings. The van der Waals surface area contributed by atoms with Crippen LogP contribution >= 0.6 is 12.2 Å². The van der Waals surface area contributed by atoms with E-state index in [0.717, 1.165) is 16.9 Å². The van der Waals surface area contributed by atoms with Gasteiger partial charge in [-0.3, -0.25) is 20.4 Å². The second-order valence-corrected chi connectivity index (χ2v) is 8.78. The fraction of sp³-hybridized carbons (Fsp3) is 0.348. The van der Waals surface area contributed by atoms with Crippen LogP contribution in [0.1, 0.15) is 48.7 Å². The summed E-state index contributed by atoms with van der Waals surface area (Å²) in [6.45, 7) is 7.25. The van der Waals surface area contributed by atoms with Gasteiger partial charge in [0.05, 0.1) is 0 Å². The molecule has 170 valence electrons. The highest BCUT2D eigenvalue weighted by atomic mass is 32.1. The SMILES string of the molecule is CC(C)(C)c1ccc(C(=O)NCCC(=O)NNC(=S)NCc2ccc3c(c2)OCO3)cc1. The lowest BCUT2D eigenvalue weighted by Crippen LogP contribution is -2.47. The highest BCUT2D eigenvalue weighted by Gasteiger charge is 2.15. The van der Waals surface area contributed by atoms with Crippen molar-refractivity contribution in [1.29, 1.82) is 0 Å². The highest BCUT2D eigenvalue weighted by molar-refractivity contribution is 7.80. The quantitative estimate of drug-likeness (QED) is 0.391. The van der Waals surface area contributed by atoms with Crippen molar-refractivity contribution >= 4 is 29.1 Å². The molecule has 0 aromatic heterocycles. The number of thiocarbonyl (C=S) groups is 1. The number of rotatable bonds is 6. The average Bonchev–Trinajstić information content (AvgIpc) is 3.23. The molecule has 0 saturated carbocycles. The van der Waals surface area contributed by atoms with Crippen LogP contribution in [0.3, 0.4) is 0 Å². The Hall–Kier alpha value is -3.33. The van der Waals surface area contributed by atoms with Crippen LogP contribution in [0.5, 0.6) is 11.5 Å². The zero-order valence-electron chi connectivity index (χ0n) is 18.4. The summed E-state index contributed by atoms with van der Waals surface area (Å²) in [6, 6.07) is 13.1. The van der Waals surface area contributed by atoms with Gasteiger partial charge in [0.25, 0.3) is 5.91 Å². The van der Waals surface area contributed by atoms with Gasteiger partial charge in [-0.25, -0.2) is 0 Å². The van der Waals surface area contributed by atoms with Crippen LogP contribution in [-0.4, -0.2) is 30.3 Å². The van der Waals surface area contributed by atoms with Crippen molar-refractivity contribution < 1.29 is 19.1 Å². The zero-order chi connectivity index (χ0) is 23.1. The molecular formula is C23H28N4O4S. The van der Waals surface area contributed by atoms with E-state index in [-0.39, 0.29) is 42.1 Å². The molecule has 0 bridgehead atoms. The van der Waals surface area contributed by atoms with E-state index in [4.69, 9.17) is 21.7 Å². The Morgan fingerprint density at radius 1 is 0.969 bits per heavy atom. The summed E-state index contributed by atoms with van der Waals surface area (Å²) in [5.74, 6) is 0.909. The Balaban J connectivity index is 1.32. The molecule has 9 heteroatoms. The van der Waals surface area contributed by atoms with E-state index >= 15 is 0 Å². The molecule has 2 aromatic rings. The van der Waals surface area contributed by atoms with Crippen LogP contribution < -0.4 is 31.0 Å². The predicted molar refractivity (Wildman–Crippen MR) is 125 cm³/mol. The lowest BCUT2D eigenvalue weighted by Gasteiger charge is -2.19. The molecule has 2 aromatic carbocycles. The molecule has 0 spiro atoms. The first kappa shape index (κ1) is 23.3. The summed E-state index contributed by atoms with van der Waals surface area (Å²) in [6.07, 6.45) is 0.115. The van der Waals surface area contributed by atoms with Gasteiger partial charge in [-0.15, -0.1) is 0 Å². The molecule has 0 saturated heterocycles. The number of carbonyl (C=O) groups is 2. The van der Waals surface area contributed by atoms with Crippen molar-refractivity contribution in [3.05, 3.63) is 59.2 Å². The zero-order valence-corrected chi connectivity index (χ0v) is 19.2. The van der Waals surface area contributed by atoms with Crippen molar-refractivity contribution in [3.8, 4) is 11.5 Å². The second-order valence-electron chi connectivity index (χ2n) is 8.38. The number of benzene rings is 2. The van der Waals surface area contributed by atoms with Crippen molar-refractivity contribution in [2.24, 2.45) is 0 Å². The molecule has 1 heterocycles. The van der Waals surface area contributed by atoms with Crippen LogP contribution in [0.4, 0.5) is 0 Å². The molecule has 0 atom stereocenters. The van der Waals surface area contributed by atoms with E-state index in [1.54, 1.807) is 12.1 Å². The summed E-state index contributed by atoms with van der Waals surface area (Å²) in [4.78, 5) is 24.2. The first-order chi connectivity index (χ1) is 15.2. The van der Waals surface area contributed by atoms with Crippen molar-refractivity contribution in [2.75, 3.05) is 13.3 Å². The molecule has 2 amide bonds. The number of nitrogens with one attached hydrogen (secondary N) is 4. The van der Waals surface area contributed by atoms with E-state index in [9.17, 15) is 9.59 Å². The molecule has 1 aliphatic rings. The monoisotopic (exact) mass is 456 g/mol. The molecule has 0 radical (unpaired) electrons. The van der Waals surface area contributed by atoms with Gasteiger partial charge in [-0.05, 0) is 53.0 Å². The third kappa shape index (κ3) is 6.58. The number of carbonyl (C=O) groups excluding carboxylic acids is 2. The third-order valence-electron chi connectivity index (χ3n) is 4.86.